The molecule has 0 aromatic heterocycles. The third kappa shape index (κ3) is 1.59. The monoisotopic (exact) mass is 176 g/mol. The van der Waals surface area contributed by atoms with Gasteiger partial charge in [-0.05, 0) is 12.5 Å². The van der Waals surface area contributed by atoms with E-state index in [1.165, 1.54) is 12.1 Å². The number of nitro benzene ring substituents is 1. The minimum Gasteiger partial charge on any atom is -0.397 e. The Kier molecular flexibility index (Phi) is 2.20. The number of terminal acetylenes is 1. The van der Waals surface area contributed by atoms with Crippen molar-refractivity contribution in [1.82, 2.24) is 0 Å². The van der Waals surface area contributed by atoms with Gasteiger partial charge in [-0.3, -0.25) is 10.1 Å². The van der Waals surface area contributed by atoms with Crippen LogP contribution in [-0.4, -0.2) is 4.92 Å². The summed E-state index contributed by atoms with van der Waals surface area (Å²) in [5.41, 5.74) is 6.99. The second-order valence-electron chi connectivity index (χ2n) is 2.63. The lowest BCUT2D eigenvalue weighted by Crippen LogP contribution is -1.97. The quantitative estimate of drug-likeness (QED) is 0.305. The summed E-state index contributed by atoms with van der Waals surface area (Å²) in [7, 11) is 0. The van der Waals surface area contributed by atoms with Crippen LogP contribution in [0.4, 0.5) is 11.4 Å². The van der Waals surface area contributed by atoms with Crippen molar-refractivity contribution in [2.24, 2.45) is 0 Å². The first-order chi connectivity index (χ1) is 6.06. The lowest BCUT2D eigenvalue weighted by atomic mass is 10.1. The molecule has 0 aliphatic carbocycles. The van der Waals surface area contributed by atoms with E-state index in [-0.39, 0.29) is 5.69 Å². The van der Waals surface area contributed by atoms with Crippen LogP contribution in [0.3, 0.4) is 0 Å². The molecule has 0 spiro atoms. The molecule has 0 amide bonds. The normalized spacial score (nSPS) is 9.23. The molecule has 4 nitrogen and oxygen atoms in total. The Labute approximate surface area is 75.5 Å². The topological polar surface area (TPSA) is 69.2 Å². The van der Waals surface area contributed by atoms with E-state index in [0.29, 0.717) is 16.8 Å². The summed E-state index contributed by atoms with van der Waals surface area (Å²) in [5, 5.41) is 10.4. The molecule has 0 aliphatic heterocycles. The van der Waals surface area contributed by atoms with Crippen molar-refractivity contribution in [2.45, 2.75) is 6.92 Å². The number of rotatable bonds is 1. The van der Waals surface area contributed by atoms with E-state index in [4.69, 9.17) is 12.2 Å². The van der Waals surface area contributed by atoms with E-state index < -0.39 is 4.92 Å². The van der Waals surface area contributed by atoms with E-state index in [1.54, 1.807) is 6.92 Å². The van der Waals surface area contributed by atoms with E-state index in [1.807, 2.05) is 0 Å². The van der Waals surface area contributed by atoms with Crippen molar-refractivity contribution >= 4 is 11.4 Å². The van der Waals surface area contributed by atoms with Crippen LogP contribution < -0.4 is 5.73 Å². The first-order valence-electron chi connectivity index (χ1n) is 3.57. The molecular weight excluding hydrogens is 168 g/mol. The van der Waals surface area contributed by atoms with Crippen LogP contribution in [0.2, 0.25) is 0 Å². The first kappa shape index (κ1) is 9.07. The Bertz CT molecular complexity index is 405. The zero-order valence-corrected chi connectivity index (χ0v) is 7.07. The smallest absolute Gasteiger partial charge is 0.271 e. The highest BCUT2D eigenvalue weighted by Gasteiger charge is 2.10. The van der Waals surface area contributed by atoms with Crippen molar-refractivity contribution in [3.05, 3.63) is 33.4 Å². The number of nitrogens with two attached hydrogens (primary N) is 1. The highest BCUT2D eigenvalue weighted by atomic mass is 16.6. The third-order valence-electron chi connectivity index (χ3n) is 1.74. The zero-order chi connectivity index (χ0) is 10.0. The minimum absolute atomic E-state index is 0.0281. The lowest BCUT2D eigenvalue weighted by molar-refractivity contribution is -0.384. The number of benzene rings is 1. The molecule has 1 aromatic rings. The van der Waals surface area contributed by atoms with Crippen LogP contribution in [0.25, 0.3) is 0 Å². The molecule has 1 aromatic carbocycles. The van der Waals surface area contributed by atoms with Crippen molar-refractivity contribution in [3.8, 4) is 12.3 Å². The van der Waals surface area contributed by atoms with Gasteiger partial charge in [-0.15, -0.1) is 6.42 Å². The van der Waals surface area contributed by atoms with E-state index in [9.17, 15) is 10.1 Å². The van der Waals surface area contributed by atoms with E-state index in [2.05, 4.69) is 5.92 Å². The summed E-state index contributed by atoms with van der Waals surface area (Å²) in [6.07, 6.45) is 5.14. The Morgan fingerprint density at radius 1 is 1.62 bits per heavy atom. The van der Waals surface area contributed by atoms with Gasteiger partial charge in [-0.1, -0.05) is 5.92 Å². The SMILES string of the molecule is C#Cc1cc([N+](=O)[O-])cc(C)c1N. The fraction of sp³-hybridized carbons (Fsp3) is 0.111. The van der Waals surface area contributed by atoms with Gasteiger partial charge >= 0.3 is 0 Å². The average Bonchev–Trinajstić information content (AvgIpc) is 2.09. The van der Waals surface area contributed by atoms with E-state index >= 15 is 0 Å². The number of non-ortho nitro benzene ring substituents is 1. The molecule has 0 saturated heterocycles. The second-order valence-corrected chi connectivity index (χ2v) is 2.63. The van der Waals surface area contributed by atoms with Gasteiger partial charge in [0, 0.05) is 12.1 Å². The molecule has 0 saturated carbocycles. The van der Waals surface area contributed by atoms with E-state index in [0.717, 1.165) is 0 Å². The maximum Gasteiger partial charge on any atom is 0.271 e. The number of nitro groups is 1. The molecule has 0 atom stereocenters. The maximum absolute atomic E-state index is 10.4. The van der Waals surface area contributed by atoms with Crippen LogP contribution in [-0.2, 0) is 0 Å². The minimum atomic E-state index is -0.493. The molecule has 0 unspecified atom stereocenters. The van der Waals surface area contributed by atoms with Crippen LogP contribution >= 0.6 is 0 Å². The van der Waals surface area contributed by atoms with Crippen LogP contribution in [0, 0.1) is 29.4 Å². The predicted octanol–water partition coefficient (Wildman–Crippen LogP) is 1.47. The predicted molar refractivity (Wildman–Crippen MR) is 50.2 cm³/mol. The van der Waals surface area contributed by atoms with Crippen molar-refractivity contribution in [3.63, 3.8) is 0 Å². The number of nitrogens with zero attached hydrogens (tertiary/aromatic N) is 1. The standard InChI is InChI=1S/C9H8N2O2/c1-3-7-5-8(11(12)13)4-6(2)9(7)10/h1,4-5H,10H2,2H3. The first-order valence-corrected chi connectivity index (χ1v) is 3.57. The molecule has 0 radical (unpaired) electrons. The number of hydrogen-bond acceptors (Lipinski definition) is 3. The maximum atomic E-state index is 10.4. The van der Waals surface area contributed by atoms with Gasteiger partial charge in [0.1, 0.15) is 0 Å². The summed E-state index contributed by atoms with van der Waals surface area (Å²) in [6.45, 7) is 1.68. The molecule has 66 valence electrons. The molecule has 0 bridgehead atoms. The summed E-state index contributed by atoms with van der Waals surface area (Å²) in [5.74, 6) is 2.30. The van der Waals surface area contributed by atoms with Crippen LogP contribution in [0.15, 0.2) is 12.1 Å². The molecule has 0 heterocycles. The van der Waals surface area contributed by atoms with Crippen LogP contribution in [0.5, 0.6) is 0 Å². The van der Waals surface area contributed by atoms with Gasteiger partial charge < -0.3 is 5.73 Å². The van der Waals surface area contributed by atoms with Gasteiger partial charge in [0.25, 0.3) is 5.69 Å². The molecule has 4 heteroatoms. The number of nitrogen functional groups attached to an aromatic ring is 1. The summed E-state index contributed by atoms with van der Waals surface area (Å²) in [6, 6.07) is 2.69. The van der Waals surface area contributed by atoms with Gasteiger partial charge in [0.2, 0.25) is 0 Å². The third-order valence-corrected chi connectivity index (χ3v) is 1.74. The number of aryl methyl sites for hydroxylation is 1. The number of anilines is 1. The van der Waals surface area contributed by atoms with Gasteiger partial charge in [-0.2, -0.15) is 0 Å². The molecule has 1 rings (SSSR count). The Morgan fingerprint density at radius 2 is 2.23 bits per heavy atom. The van der Waals surface area contributed by atoms with Gasteiger partial charge in [-0.25, -0.2) is 0 Å². The fourth-order valence-electron chi connectivity index (χ4n) is 1.00. The lowest BCUT2D eigenvalue weighted by Gasteiger charge is -2.02. The molecule has 0 fully saturated rings. The largest absolute Gasteiger partial charge is 0.397 e. The zero-order valence-electron chi connectivity index (χ0n) is 7.07. The summed E-state index contributed by atoms with van der Waals surface area (Å²) < 4.78 is 0. The Hall–Kier alpha value is -2.02. The van der Waals surface area contributed by atoms with Crippen molar-refractivity contribution < 1.29 is 4.92 Å². The average molecular weight is 176 g/mol. The molecule has 13 heavy (non-hydrogen) atoms. The summed E-state index contributed by atoms with van der Waals surface area (Å²) >= 11 is 0. The van der Waals surface area contributed by atoms with Gasteiger partial charge in [0.15, 0.2) is 0 Å². The van der Waals surface area contributed by atoms with Crippen LogP contribution in [0.1, 0.15) is 11.1 Å². The van der Waals surface area contributed by atoms with Gasteiger partial charge in [0.05, 0.1) is 16.2 Å². The summed E-state index contributed by atoms with van der Waals surface area (Å²) in [4.78, 5) is 9.94. The highest BCUT2D eigenvalue weighted by molar-refractivity contribution is 5.64. The molecule has 2 N–H and O–H groups in total. The van der Waals surface area contributed by atoms with Crippen molar-refractivity contribution in [2.75, 3.05) is 5.73 Å². The second kappa shape index (κ2) is 3.15. The fourth-order valence-corrected chi connectivity index (χ4v) is 1.00. The molecular formula is C9H8N2O2. The highest BCUT2D eigenvalue weighted by Crippen LogP contribution is 2.23. The van der Waals surface area contributed by atoms with Crippen molar-refractivity contribution in [1.29, 1.82) is 0 Å². The molecule has 0 aliphatic rings. The Balaban J connectivity index is 3.41. The Morgan fingerprint density at radius 3 is 2.69 bits per heavy atom. The number of hydrogen-bond donors (Lipinski definition) is 1.